The van der Waals surface area contributed by atoms with Gasteiger partial charge < -0.3 is 24.8 Å². The summed E-state index contributed by atoms with van der Waals surface area (Å²) in [6.07, 6.45) is 5.08. The third-order valence-electron chi connectivity index (χ3n) is 8.46. The van der Waals surface area contributed by atoms with Crippen LogP contribution < -0.4 is 10.2 Å². The van der Waals surface area contributed by atoms with Gasteiger partial charge in [-0.3, -0.25) is 14.6 Å². The van der Waals surface area contributed by atoms with E-state index in [4.69, 9.17) is 0 Å². The highest BCUT2D eigenvalue weighted by Crippen LogP contribution is 2.25. The number of anilines is 1. The summed E-state index contributed by atoms with van der Waals surface area (Å²) in [4.78, 5) is 40.3. The average Bonchev–Trinajstić information content (AvgIpc) is 3.71. The number of aromatic nitrogens is 3. The molecule has 2 aromatic carbocycles. The smallest absolute Gasteiger partial charge is 0.254 e. The maximum atomic E-state index is 14.1. The number of aliphatic hydroxyl groups excluding tert-OH is 1. The third-order valence-corrected chi connectivity index (χ3v) is 9.41. The van der Waals surface area contributed by atoms with E-state index in [-0.39, 0.29) is 18.4 Å². The molecule has 0 radical (unpaired) electrons. The molecule has 0 bridgehead atoms. The molecule has 0 saturated heterocycles. The Morgan fingerprint density at radius 3 is 2.42 bits per heavy atom. The highest BCUT2D eigenvalue weighted by atomic mass is 32.1. The van der Waals surface area contributed by atoms with Crippen LogP contribution in [0.15, 0.2) is 90.7 Å². The number of hydrogen-bond donors (Lipinski definition) is 2. The lowest BCUT2D eigenvalue weighted by Crippen LogP contribution is -2.49. The van der Waals surface area contributed by atoms with Gasteiger partial charge in [-0.15, -0.1) is 11.3 Å². The van der Waals surface area contributed by atoms with E-state index in [2.05, 4.69) is 35.2 Å². The van der Waals surface area contributed by atoms with Crippen LogP contribution in [0.25, 0.3) is 11.3 Å². The zero-order chi connectivity index (χ0) is 34.4. The first-order valence-electron chi connectivity index (χ1n) is 16.1. The number of rotatable bonds is 13. The summed E-state index contributed by atoms with van der Waals surface area (Å²) in [7, 11) is 5.58. The van der Waals surface area contributed by atoms with E-state index >= 15 is 0 Å². The number of nitrogens with one attached hydrogen (secondary N) is 1. The van der Waals surface area contributed by atoms with Crippen LogP contribution in [0.2, 0.25) is 0 Å². The van der Waals surface area contributed by atoms with Crippen molar-refractivity contribution in [2.45, 2.75) is 51.8 Å². The number of aliphatic hydroxyl groups is 1. The number of amides is 2. The number of hydrogen-bond acceptors (Lipinski definition) is 7. The van der Waals surface area contributed by atoms with E-state index in [0.717, 1.165) is 38.8 Å². The Morgan fingerprint density at radius 1 is 1.00 bits per heavy atom. The maximum Gasteiger partial charge on any atom is 0.254 e. The highest BCUT2D eigenvalue weighted by molar-refractivity contribution is 7.09. The lowest BCUT2D eigenvalue weighted by Gasteiger charge is -2.29. The summed E-state index contributed by atoms with van der Waals surface area (Å²) in [6, 6.07) is 20.4. The monoisotopic (exact) mass is 664 g/mol. The van der Waals surface area contributed by atoms with Crippen molar-refractivity contribution in [2.24, 2.45) is 7.05 Å². The Morgan fingerprint density at radius 2 is 1.75 bits per heavy atom. The first-order chi connectivity index (χ1) is 23.0. The molecule has 5 aromatic rings. The number of carbonyl (C=O) groups is 2. The Bertz CT molecular complexity index is 1850. The number of aryl methyl sites for hydroxylation is 2. The molecule has 2 N–H and O–H groups in total. The van der Waals surface area contributed by atoms with Crippen LogP contribution in [0.5, 0.6) is 0 Å². The molecule has 0 fully saturated rings. The Balaban J connectivity index is 1.43. The second-order valence-electron chi connectivity index (χ2n) is 12.7. The number of benzene rings is 2. The molecule has 250 valence electrons. The molecular formula is C38H44N6O3S. The SMILES string of the molecule is Cc1csc(CN(C)C(=O)c2cc(C(=O)N[C@@H](Cc3ccccc3)[C@H](O)CN(C)c3cncc(C(C)C)c3)cc(-c3cccn3C)c2)n1. The molecule has 3 heterocycles. The van der Waals surface area contributed by atoms with Gasteiger partial charge in [-0.2, -0.15) is 0 Å². The molecule has 5 rings (SSSR count). The zero-order valence-corrected chi connectivity index (χ0v) is 29.2. The van der Waals surface area contributed by atoms with E-state index in [1.807, 2.05) is 96.8 Å². The van der Waals surface area contributed by atoms with Gasteiger partial charge in [0.2, 0.25) is 0 Å². The minimum atomic E-state index is -0.910. The van der Waals surface area contributed by atoms with Crippen molar-refractivity contribution in [3.05, 3.63) is 124 Å². The van der Waals surface area contributed by atoms with E-state index in [9.17, 15) is 14.7 Å². The van der Waals surface area contributed by atoms with Gasteiger partial charge in [0.15, 0.2) is 0 Å². The van der Waals surface area contributed by atoms with Gasteiger partial charge in [0.05, 0.1) is 30.6 Å². The lowest BCUT2D eigenvalue weighted by atomic mass is 9.98. The standard InChI is InChI=1S/C38H44N6O3S/c1-25(2)31-19-32(21-39-20-31)43(5)22-35(45)33(15-27-11-8-7-9-12-27)41-37(46)29-16-28(34-13-10-14-42(34)4)17-30(18-29)38(47)44(6)23-36-40-26(3)24-48-36/h7-14,16-21,24-25,33,35,45H,15,22-23H2,1-6H3,(H,41,46)/t33-,35+/m0/s1. The average molecular weight is 665 g/mol. The zero-order valence-electron chi connectivity index (χ0n) is 28.4. The van der Waals surface area contributed by atoms with E-state index < -0.39 is 12.1 Å². The van der Waals surface area contributed by atoms with Gasteiger partial charge in [-0.25, -0.2) is 4.98 Å². The number of pyridine rings is 1. The fourth-order valence-corrected chi connectivity index (χ4v) is 6.47. The van der Waals surface area contributed by atoms with Crippen molar-refractivity contribution in [1.82, 2.24) is 24.8 Å². The van der Waals surface area contributed by atoms with Crippen molar-refractivity contribution in [2.75, 3.05) is 25.5 Å². The van der Waals surface area contributed by atoms with E-state index in [0.29, 0.717) is 30.0 Å². The second kappa shape index (κ2) is 15.4. The summed E-state index contributed by atoms with van der Waals surface area (Å²) < 4.78 is 1.95. The van der Waals surface area contributed by atoms with Crippen LogP contribution in [0.4, 0.5) is 5.69 Å². The second-order valence-corrected chi connectivity index (χ2v) is 13.6. The molecule has 9 nitrogen and oxygen atoms in total. The van der Waals surface area contributed by atoms with Crippen LogP contribution in [0, 0.1) is 6.92 Å². The molecule has 0 unspecified atom stereocenters. The van der Waals surface area contributed by atoms with Gasteiger partial charge in [0, 0.05) is 68.0 Å². The summed E-state index contributed by atoms with van der Waals surface area (Å²) in [5.74, 6) is -0.266. The summed E-state index contributed by atoms with van der Waals surface area (Å²) in [5.41, 5.74) is 6.25. The van der Waals surface area contributed by atoms with Gasteiger partial charge >= 0.3 is 0 Å². The summed E-state index contributed by atoms with van der Waals surface area (Å²) in [5, 5.41) is 17.6. The van der Waals surface area contributed by atoms with E-state index in [1.54, 1.807) is 30.3 Å². The van der Waals surface area contributed by atoms with Crippen molar-refractivity contribution in [1.29, 1.82) is 0 Å². The topological polar surface area (TPSA) is 104 Å². The molecule has 10 heteroatoms. The quantitative estimate of drug-likeness (QED) is 0.158. The molecule has 0 aliphatic carbocycles. The molecule has 3 aromatic heterocycles. The Labute approximate surface area is 286 Å². The molecule has 0 aliphatic rings. The van der Waals surface area contributed by atoms with Gasteiger partial charge in [0.25, 0.3) is 11.8 Å². The van der Waals surface area contributed by atoms with Crippen molar-refractivity contribution < 1.29 is 14.7 Å². The molecule has 2 atom stereocenters. The molecular weight excluding hydrogens is 621 g/mol. The van der Waals surface area contributed by atoms with Gasteiger partial charge in [0.1, 0.15) is 5.01 Å². The number of thiazole rings is 1. The number of carbonyl (C=O) groups excluding carboxylic acids is 2. The van der Waals surface area contributed by atoms with Crippen LogP contribution in [0.1, 0.15) is 62.3 Å². The largest absolute Gasteiger partial charge is 0.389 e. The molecule has 0 spiro atoms. The third kappa shape index (κ3) is 8.56. The van der Waals surface area contributed by atoms with Crippen LogP contribution in [-0.2, 0) is 20.0 Å². The van der Waals surface area contributed by atoms with Crippen LogP contribution in [-0.4, -0.2) is 69.1 Å². The molecule has 2 amide bonds. The first-order valence-corrected chi connectivity index (χ1v) is 17.0. The molecule has 0 saturated carbocycles. The predicted molar refractivity (Wildman–Crippen MR) is 193 cm³/mol. The number of likely N-dealkylation sites (N-methyl/N-ethyl adjacent to an activating group) is 1. The minimum Gasteiger partial charge on any atom is -0.389 e. The Kier molecular flexibility index (Phi) is 11.1. The minimum absolute atomic E-state index is 0.215. The Hall–Kier alpha value is -4.80. The van der Waals surface area contributed by atoms with Crippen LogP contribution >= 0.6 is 11.3 Å². The first kappa shape index (κ1) is 34.5. The highest BCUT2D eigenvalue weighted by Gasteiger charge is 2.26. The van der Waals surface area contributed by atoms with Gasteiger partial charge in [-0.1, -0.05) is 44.2 Å². The fourth-order valence-electron chi connectivity index (χ4n) is 5.65. The maximum absolute atomic E-state index is 14.1. The fraction of sp³-hybridized carbons (Fsp3) is 0.316. The lowest BCUT2D eigenvalue weighted by molar-refractivity contribution is 0.0785. The number of nitrogens with zero attached hydrogens (tertiary/aromatic N) is 5. The van der Waals surface area contributed by atoms with E-state index in [1.165, 1.54) is 11.3 Å². The van der Waals surface area contributed by atoms with Crippen LogP contribution in [0.3, 0.4) is 0 Å². The van der Waals surface area contributed by atoms with Crippen molar-refractivity contribution in [3.63, 3.8) is 0 Å². The predicted octanol–water partition coefficient (Wildman–Crippen LogP) is 6.09. The summed E-state index contributed by atoms with van der Waals surface area (Å²) in [6.45, 7) is 6.80. The molecule has 48 heavy (non-hydrogen) atoms. The molecule has 0 aliphatic heterocycles. The normalized spacial score (nSPS) is 12.5. The van der Waals surface area contributed by atoms with Gasteiger partial charge in [-0.05, 0) is 72.4 Å². The summed E-state index contributed by atoms with van der Waals surface area (Å²) >= 11 is 1.51. The van der Waals surface area contributed by atoms with Crippen molar-refractivity contribution >= 4 is 28.8 Å². The van der Waals surface area contributed by atoms with Crippen molar-refractivity contribution in [3.8, 4) is 11.3 Å².